The van der Waals surface area contributed by atoms with E-state index in [1.165, 1.54) is 5.69 Å². The van der Waals surface area contributed by atoms with Crippen LogP contribution in [0.1, 0.15) is 43.1 Å². The highest BCUT2D eigenvalue weighted by Gasteiger charge is 2.17. The highest BCUT2D eigenvalue weighted by molar-refractivity contribution is 5.77. The second-order valence-electron chi connectivity index (χ2n) is 7.22. The number of fused-ring (bicyclic) bond motifs is 1. The maximum absolute atomic E-state index is 12.0. The Bertz CT molecular complexity index is 719. The summed E-state index contributed by atoms with van der Waals surface area (Å²) >= 11 is 0. The van der Waals surface area contributed by atoms with Crippen molar-refractivity contribution in [1.82, 2.24) is 25.2 Å². The third-order valence-electron chi connectivity index (χ3n) is 4.25. The number of aryl methyl sites for hydroxylation is 2. The predicted octanol–water partition coefficient (Wildman–Crippen LogP) is 1.90. The largest absolute Gasteiger partial charge is 0.361 e. The first-order valence-electron chi connectivity index (χ1n) is 8.96. The molecule has 2 aromatic rings. The number of aromatic nitrogens is 3. The molecule has 0 saturated carbocycles. The number of rotatable bonds is 6. The van der Waals surface area contributed by atoms with Crippen molar-refractivity contribution in [2.45, 2.75) is 53.2 Å². The fourth-order valence-corrected chi connectivity index (χ4v) is 3.26. The zero-order valence-electron chi connectivity index (χ0n) is 15.3. The van der Waals surface area contributed by atoms with Gasteiger partial charge in [0, 0.05) is 32.2 Å². The van der Waals surface area contributed by atoms with Gasteiger partial charge >= 0.3 is 0 Å². The molecule has 0 bridgehead atoms. The standard InChI is InChI=1S/C18H27N5O2/c1-13(2)11-22-5-4-6-23-16(12-22)8-15(20-23)10-19-18(24)9-17-7-14(3)21-25-17/h7-8,13H,4-6,9-12H2,1-3H3,(H,19,24). The van der Waals surface area contributed by atoms with Crippen molar-refractivity contribution in [2.75, 3.05) is 13.1 Å². The molecule has 3 rings (SSSR count). The van der Waals surface area contributed by atoms with E-state index in [0.717, 1.165) is 44.0 Å². The lowest BCUT2D eigenvalue weighted by atomic mass is 10.2. The molecular weight excluding hydrogens is 318 g/mol. The van der Waals surface area contributed by atoms with E-state index >= 15 is 0 Å². The third kappa shape index (κ3) is 4.92. The Labute approximate surface area is 148 Å². The van der Waals surface area contributed by atoms with Gasteiger partial charge in [0.1, 0.15) is 5.76 Å². The predicted molar refractivity (Wildman–Crippen MR) is 93.7 cm³/mol. The average Bonchev–Trinajstić information content (AvgIpc) is 3.06. The number of hydrogen-bond donors (Lipinski definition) is 1. The van der Waals surface area contributed by atoms with Crippen LogP contribution in [-0.4, -0.2) is 38.8 Å². The van der Waals surface area contributed by atoms with Crippen molar-refractivity contribution in [3.8, 4) is 0 Å². The summed E-state index contributed by atoms with van der Waals surface area (Å²) in [6.45, 7) is 10.9. The highest BCUT2D eigenvalue weighted by atomic mass is 16.5. The van der Waals surface area contributed by atoms with Crippen LogP contribution < -0.4 is 5.32 Å². The van der Waals surface area contributed by atoms with Crippen molar-refractivity contribution in [3.63, 3.8) is 0 Å². The molecule has 0 aliphatic carbocycles. The molecule has 136 valence electrons. The first-order valence-corrected chi connectivity index (χ1v) is 8.96. The maximum Gasteiger partial charge on any atom is 0.228 e. The Balaban J connectivity index is 1.55. The number of hydrogen-bond acceptors (Lipinski definition) is 5. The van der Waals surface area contributed by atoms with Gasteiger partial charge in [-0.15, -0.1) is 0 Å². The van der Waals surface area contributed by atoms with E-state index in [1.807, 2.05) is 6.92 Å². The fraction of sp³-hybridized carbons (Fsp3) is 0.611. The Morgan fingerprint density at radius 3 is 2.92 bits per heavy atom. The van der Waals surface area contributed by atoms with Crippen molar-refractivity contribution < 1.29 is 9.32 Å². The van der Waals surface area contributed by atoms with Crippen LogP contribution in [0.3, 0.4) is 0 Å². The summed E-state index contributed by atoms with van der Waals surface area (Å²) in [5, 5.41) is 11.3. The summed E-state index contributed by atoms with van der Waals surface area (Å²) in [7, 11) is 0. The van der Waals surface area contributed by atoms with Crippen LogP contribution in [0.2, 0.25) is 0 Å². The van der Waals surface area contributed by atoms with Gasteiger partial charge in [0.25, 0.3) is 0 Å². The monoisotopic (exact) mass is 345 g/mol. The smallest absolute Gasteiger partial charge is 0.228 e. The molecule has 0 radical (unpaired) electrons. The molecule has 3 heterocycles. The van der Waals surface area contributed by atoms with Crippen LogP contribution in [-0.2, 0) is 30.8 Å². The quantitative estimate of drug-likeness (QED) is 0.865. The minimum Gasteiger partial charge on any atom is -0.361 e. The van der Waals surface area contributed by atoms with Gasteiger partial charge in [-0.1, -0.05) is 19.0 Å². The molecule has 0 atom stereocenters. The number of amides is 1. The van der Waals surface area contributed by atoms with Crippen molar-refractivity contribution >= 4 is 5.91 Å². The van der Waals surface area contributed by atoms with Crippen molar-refractivity contribution in [2.24, 2.45) is 5.92 Å². The van der Waals surface area contributed by atoms with Gasteiger partial charge < -0.3 is 9.84 Å². The van der Waals surface area contributed by atoms with Gasteiger partial charge in [-0.25, -0.2) is 0 Å². The van der Waals surface area contributed by atoms with E-state index < -0.39 is 0 Å². The normalized spacial score (nSPS) is 15.2. The summed E-state index contributed by atoms with van der Waals surface area (Å²) < 4.78 is 7.16. The number of carbonyl (C=O) groups excluding carboxylic acids is 1. The van der Waals surface area contributed by atoms with Crippen LogP contribution in [0.5, 0.6) is 0 Å². The molecular formula is C18H27N5O2. The molecule has 0 aromatic carbocycles. The summed E-state index contributed by atoms with van der Waals surface area (Å²) in [5.41, 5.74) is 2.92. The van der Waals surface area contributed by atoms with Crippen LogP contribution in [0.15, 0.2) is 16.7 Å². The van der Waals surface area contributed by atoms with Crippen LogP contribution in [0.25, 0.3) is 0 Å². The topological polar surface area (TPSA) is 76.2 Å². The summed E-state index contributed by atoms with van der Waals surface area (Å²) in [5.74, 6) is 1.16. The number of nitrogens with one attached hydrogen (secondary N) is 1. The Kier molecular flexibility index (Phi) is 5.53. The van der Waals surface area contributed by atoms with Crippen molar-refractivity contribution in [1.29, 1.82) is 0 Å². The zero-order valence-corrected chi connectivity index (χ0v) is 15.3. The minimum atomic E-state index is -0.0826. The first-order chi connectivity index (χ1) is 12.0. The number of carbonyl (C=O) groups is 1. The van der Waals surface area contributed by atoms with Gasteiger partial charge in [-0.05, 0) is 25.3 Å². The zero-order chi connectivity index (χ0) is 17.8. The van der Waals surface area contributed by atoms with Crippen molar-refractivity contribution in [3.05, 3.63) is 35.0 Å². The molecule has 0 unspecified atom stereocenters. The van der Waals surface area contributed by atoms with E-state index in [9.17, 15) is 4.79 Å². The second-order valence-corrected chi connectivity index (χ2v) is 7.22. The van der Waals surface area contributed by atoms with Gasteiger partial charge in [0.05, 0.1) is 30.0 Å². The lowest BCUT2D eigenvalue weighted by Gasteiger charge is -2.21. The van der Waals surface area contributed by atoms with Gasteiger partial charge in [0.2, 0.25) is 5.91 Å². The Hall–Kier alpha value is -2.15. The third-order valence-corrected chi connectivity index (χ3v) is 4.25. The molecule has 0 fully saturated rings. The first kappa shape index (κ1) is 17.7. The Morgan fingerprint density at radius 1 is 1.36 bits per heavy atom. The lowest BCUT2D eigenvalue weighted by molar-refractivity contribution is -0.120. The van der Waals surface area contributed by atoms with E-state index in [4.69, 9.17) is 4.52 Å². The molecule has 7 nitrogen and oxygen atoms in total. The van der Waals surface area contributed by atoms with Gasteiger partial charge in [-0.3, -0.25) is 14.4 Å². The highest BCUT2D eigenvalue weighted by Crippen LogP contribution is 2.15. The lowest BCUT2D eigenvalue weighted by Crippen LogP contribution is -2.27. The van der Waals surface area contributed by atoms with E-state index in [2.05, 4.69) is 45.1 Å². The van der Waals surface area contributed by atoms with E-state index in [-0.39, 0.29) is 12.3 Å². The molecule has 25 heavy (non-hydrogen) atoms. The molecule has 0 spiro atoms. The molecule has 1 aliphatic rings. The van der Waals surface area contributed by atoms with Crippen LogP contribution >= 0.6 is 0 Å². The van der Waals surface area contributed by atoms with Gasteiger partial charge in [-0.2, -0.15) is 5.10 Å². The molecule has 1 N–H and O–H groups in total. The molecule has 7 heteroatoms. The maximum atomic E-state index is 12.0. The molecule has 1 amide bonds. The van der Waals surface area contributed by atoms with Gasteiger partial charge in [0.15, 0.2) is 0 Å². The minimum absolute atomic E-state index is 0.0826. The average molecular weight is 345 g/mol. The molecule has 0 saturated heterocycles. The summed E-state index contributed by atoms with van der Waals surface area (Å²) in [4.78, 5) is 14.5. The SMILES string of the molecule is Cc1cc(CC(=O)NCc2cc3n(n2)CCCN(CC(C)C)C3)on1. The fourth-order valence-electron chi connectivity index (χ4n) is 3.26. The van der Waals surface area contributed by atoms with E-state index in [1.54, 1.807) is 6.07 Å². The Morgan fingerprint density at radius 2 is 2.20 bits per heavy atom. The number of nitrogens with zero attached hydrogens (tertiary/aromatic N) is 4. The second kappa shape index (κ2) is 7.82. The summed E-state index contributed by atoms with van der Waals surface area (Å²) in [6, 6.07) is 3.89. The van der Waals surface area contributed by atoms with Crippen LogP contribution in [0, 0.1) is 12.8 Å². The molecule has 1 aliphatic heterocycles. The summed E-state index contributed by atoms with van der Waals surface area (Å²) in [6.07, 6.45) is 1.31. The molecule has 2 aromatic heterocycles. The van der Waals surface area contributed by atoms with E-state index in [0.29, 0.717) is 18.2 Å². The van der Waals surface area contributed by atoms with Crippen LogP contribution in [0.4, 0.5) is 0 Å².